The number of esters is 1. The third-order valence-corrected chi connectivity index (χ3v) is 10.1. The number of H-pyrrole nitrogens is 1. The van der Waals surface area contributed by atoms with Gasteiger partial charge in [0.05, 0.1) is 37.0 Å². The predicted molar refractivity (Wildman–Crippen MR) is 236 cm³/mol. The van der Waals surface area contributed by atoms with Gasteiger partial charge in [0.2, 0.25) is 29.5 Å². The molecule has 20 nitrogen and oxygen atoms in total. The Labute approximate surface area is 373 Å². The van der Waals surface area contributed by atoms with Crippen molar-refractivity contribution in [3.63, 3.8) is 0 Å². The molecule has 0 spiro atoms. The summed E-state index contributed by atoms with van der Waals surface area (Å²) < 4.78 is 4.93. The number of ether oxygens (including phenoxy) is 1. The lowest BCUT2D eigenvalue weighted by Crippen LogP contribution is -2.49. The molecule has 0 saturated carbocycles. The van der Waals surface area contributed by atoms with E-state index >= 15 is 0 Å². The molecule has 1 heterocycles. The van der Waals surface area contributed by atoms with E-state index in [9.17, 15) is 43.2 Å². The van der Waals surface area contributed by atoms with E-state index < -0.39 is 95.3 Å². The van der Waals surface area contributed by atoms with Crippen molar-refractivity contribution in [1.29, 1.82) is 0 Å². The van der Waals surface area contributed by atoms with Gasteiger partial charge in [-0.3, -0.25) is 43.3 Å². The smallest absolute Gasteiger partial charge is 0.328 e. The molecule has 11 N–H and O–H groups in total. The first-order chi connectivity index (χ1) is 30.3. The fraction of sp³-hybridized carbons (Fsp3) is 0.568. The van der Waals surface area contributed by atoms with Crippen molar-refractivity contribution in [2.24, 2.45) is 39.9 Å². The number of aromatic amines is 1. The molecule has 0 radical (unpaired) electrons. The highest BCUT2D eigenvalue weighted by Crippen LogP contribution is 2.21. The first kappa shape index (κ1) is 53.7. The zero-order valence-electron chi connectivity index (χ0n) is 37.5. The van der Waals surface area contributed by atoms with Crippen LogP contribution in [0.4, 0.5) is 0 Å². The number of benzene rings is 1. The van der Waals surface area contributed by atoms with Gasteiger partial charge < -0.3 is 48.2 Å². The summed E-state index contributed by atoms with van der Waals surface area (Å²) in [7, 11) is 0. The minimum atomic E-state index is -1.17. The maximum atomic E-state index is 14.4. The van der Waals surface area contributed by atoms with Gasteiger partial charge in [0.15, 0.2) is 23.3 Å². The number of amides is 5. The standard InChI is InChI=1S/C44H66N10O10/c1-6-64-43(63)27(4)51-40(60)17-15-36(56)35(20-29-11-8-7-9-12-29)54-42(62)31(21-32-24-48-25-50-32)23-37(57)33(13-10-18-49-44(46)47)53-41(61)30(19-26(2)3)22-38(58)34(52-28(5)55)14-16-39(45)59/h7-9,11-12,24-27,30-31,33-35H,6,10,13-23H2,1-5H3,(H2,45,59)(H,48,50)(H,51,60)(H,52,55)(H,53,61)(H,54,62)(H4,46,47,49)/t27-,30+,31+,33-,34-,35-/m0/s1. The van der Waals surface area contributed by atoms with Crippen LogP contribution >= 0.6 is 0 Å². The highest BCUT2D eigenvalue weighted by molar-refractivity contribution is 5.97. The molecule has 0 aliphatic rings. The Bertz CT molecular complexity index is 1900. The number of Topliss-reactive ketones (excluding diaryl/α,β-unsaturated/α-hetero) is 3. The van der Waals surface area contributed by atoms with Crippen molar-refractivity contribution in [2.45, 2.75) is 129 Å². The van der Waals surface area contributed by atoms with Crippen molar-refractivity contribution in [2.75, 3.05) is 13.2 Å². The Morgan fingerprint density at radius 2 is 1.38 bits per heavy atom. The molecular formula is C44H66N10O10. The maximum absolute atomic E-state index is 14.4. The van der Waals surface area contributed by atoms with E-state index in [2.05, 4.69) is 36.2 Å². The molecule has 64 heavy (non-hydrogen) atoms. The predicted octanol–water partition coefficient (Wildman–Crippen LogP) is 0.602. The molecule has 0 aliphatic heterocycles. The highest BCUT2D eigenvalue weighted by atomic mass is 16.5. The molecule has 0 aliphatic carbocycles. The van der Waals surface area contributed by atoms with Crippen LogP contribution < -0.4 is 38.5 Å². The number of imidazole rings is 1. The Hall–Kier alpha value is -6.47. The van der Waals surface area contributed by atoms with Gasteiger partial charge in [0.25, 0.3) is 0 Å². The molecule has 5 amide bonds. The largest absolute Gasteiger partial charge is 0.464 e. The van der Waals surface area contributed by atoms with E-state index in [1.54, 1.807) is 37.3 Å². The minimum absolute atomic E-state index is 0.00699. The van der Waals surface area contributed by atoms with Crippen LogP contribution in [0.3, 0.4) is 0 Å². The molecule has 0 saturated heterocycles. The van der Waals surface area contributed by atoms with Crippen LogP contribution in [0.25, 0.3) is 0 Å². The minimum Gasteiger partial charge on any atom is -0.464 e. The van der Waals surface area contributed by atoms with Crippen LogP contribution in [0.15, 0.2) is 47.8 Å². The molecule has 1 aromatic heterocycles. The number of aliphatic imine (C=N–C) groups is 1. The second-order valence-corrected chi connectivity index (χ2v) is 16.2. The van der Waals surface area contributed by atoms with Gasteiger partial charge in [-0.25, -0.2) is 9.78 Å². The number of carbonyl (C=O) groups is 9. The zero-order chi connectivity index (χ0) is 47.8. The fourth-order valence-corrected chi connectivity index (χ4v) is 6.93. The number of carbonyl (C=O) groups excluding carboxylic acids is 9. The molecule has 6 atom stereocenters. The number of rotatable bonds is 31. The third-order valence-electron chi connectivity index (χ3n) is 10.1. The Morgan fingerprint density at radius 3 is 1.95 bits per heavy atom. The lowest BCUT2D eigenvalue weighted by Gasteiger charge is -2.26. The zero-order valence-corrected chi connectivity index (χ0v) is 37.5. The number of ketones is 3. The number of hydrogen-bond donors (Lipinski definition) is 8. The lowest BCUT2D eigenvalue weighted by atomic mass is 9.87. The Kier molecular flexibility index (Phi) is 23.7. The second kappa shape index (κ2) is 28.3. The van der Waals surface area contributed by atoms with Crippen LogP contribution in [0.1, 0.15) is 104 Å². The first-order valence-corrected chi connectivity index (χ1v) is 21.6. The van der Waals surface area contributed by atoms with Gasteiger partial charge in [-0.05, 0) is 57.4 Å². The number of hydrogen-bond acceptors (Lipinski definition) is 12. The van der Waals surface area contributed by atoms with E-state index in [4.69, 9.17) is 21.9 Å². The topological polar surface area (TPSA) is 330 Å². The van der Waals surface area contributed by atoms with Gasteiger partial charge in [0, 0.05) is 69.8 Å². The molecule has 2 rings (SSSR count). The van der Waals surface area contributed by atoms with Crippen molar-refractivity contribution >= 4 is 58.8 Å². The number of guanidine groups is 1. The highest BCUT2D eigenvalue weighted by Gasteiger charge is 2.34. The molecule has 0 unspecified atom stereocenters. The van der Waals surface area contributed by atoms with Crippen molar-refractivity contribution in [3.05, 3.63) is 54.1 Å². The molecule has 0 fully saturated rings. The van der Waals surface area contributed by atoms with Crippen LogP contribution in [0.2, 0.25) is 0 Å². The Balaban J connectivity index is 2.42. The van der Waals surface area contributed by atoms with E-state index in [1.807, 2.05) is 13.8 Å². The summed E-state index contributed by atoms with van der Waals surface area (Å²) in [4.78, 5) is 129. The molecule has 20 heteroatoms. The van der Waals surface area contributed by atoms with Crippen LogP contribution in [0, 0.1) is 17.8 Å². The van der Waals surface area contributed by atoms with E-state index in [0.29, 0.717) is 5.69 Å². The van der Waals surface area contributed by atoms with Gasteiger partial charge in [-0.1, -0.05) is 44.2 Å². The summed E-state index contributed by atoms with van der Waals surface area (Å²) in [5.41, 5.74) is 17.6. The fourth-order valence-electron chi connectivity index (χ4n) is 6.93. The van der Waals surface area contributed by atoms with E-state index in [1.165, 1.54) is 26.4 Å². The average Bonchev–Trinajstić information content (AvgIpc) is 3.74. The van der Waals surface area contributed by atoms with E-state index in [-0.39, 0.29) is 89.2 Å². The van der Waals surface area contributed by atoms with Crippen LogP contribution in [0.5, 0.6) is 0 Å². The van der Waals surface area contributed by atoms with Gasteiger partial charge in [-0.2, -0.15) is 0 Å². The molecular weight excluding hydrogens is 829 g/mol. The van der Waals surface area contributed by atoms with Crippen molar-refractivity contribution in [3.8, 4) is 0 Å². The summed E-state index contributed by atoms with van der Waals surface area (Å²) in [5.74, 6) is -7.35. The summed E-state index contributed by atoms with van der Waals surface area (Å²) in [6.45, 7) is 8.29. The summed E-state index contributed by atoms with van der Waals surface area (Å²) in [5, 5.41) is 10.7. The van der Waals surface area contributed by atoms with Crippen LogP contribution in [-0.4, -0.2) is 106 Å². The summed E-state index contributed by atoms with van der Waals surface area (Å²) >= 11 is 0. The Morgan fingerprint density at radius 1 is 0.750 bits per heavy atom. The average molecular weight is 895 g/mol. The summed E-state index contributed by atoms with van der Waals surface area (Å²) in [6.07, 6.45) is 2.03. The van der Waals surface area contributed by atoms with Crippen molar-refractivity contribution < 1.29 is 47.9 Å². The van der Waals surface area contributed by atoms with Crippen molar-refractivity contribution in [1.82, 2.24) is 31.2 Å². The second-order valence-electron chi connectivity index (χ2n) is 16.2. The number of primary amides is 1. The molecule has 2 aromatic rings. The van der Waals surface area contributed by atoms with Gasteiger partial charge in [0.1, 0.15) is 6.04 Å². The molecule has 1 aromatic carbocycles. The van der Waals surface area contributed by atoms with Crippen LogP contribution in [-0.2, 0) is 60.7 Å². The molecule has 0 bridgehead atoms. The first-order valence-electron chi connectivity index (χ1n) is 21.6. The summed E-state index contributed by atoms with van der Waals surface area (Å²) in [6, 6.07) is 4.62. The number of nitrogens with zero attached hydrogens (tertiary/aromatic N) is 2. The lowest BCUT2D eigenvalue weighted by molar-refractivity contribution is -0.146. The number of aromatic nitrogens is 2. The maximum Gasteiger partial charge on any atom is 0.328 e. The number of nitrogens with two attached hydrogens (primary N) is 3. The quantitative estimate of drug-likeness (QED) is 0.0223. The normalized spacial score (nSPS) is 13.8. The van der Waals surface area contributed by atoms with E-state index in [0.717, 1.165) is 5.56 Å². The van der Waals surface area contributed by atoms with Gasteiger partial charge >= 0.3 is 5.97 Å². The third kappa shape index (κ3) is 21.1. The monoisotopic (exact) mass is 894 g/mol. The van der Waals surface area contributed by atoms with Gasteiger partial charge in [-0.15, -0.1) is 0 Å². The molecule has 352 valence electrons. The number of nitrogens with one attached hydrogen (secondary N) is 5. The SMILES string of the molecule is CCOC(=O)[C@H](C)NC(=O)CCC(=O)[C@H](Cc1ccccc1)NC(=O)[C@@H](CC(=O)[C@H](CCCN=C(N)N)NC(=O)[C@@H](CC(=O)[C@H](CCC(N)=O)NC(C)=O)CC(C)C)Cc1cnc[nH]1.